The molecule has 0 bridgehead atoms. The van der Waals surface area contributed by atoms with Crippen LogP contribution in [0.4, 0.5) is 0 Å². The standard InChI is InChI=1S/C3H4ClNOS/c4-3-2(6)1-7-5-3/h3,5H,1H2. The van der Waals surface area contributed by atoms with Gasteiger partial charge in [-0.15, -0.1) is 0 Å². The Bertz CT molecular complexity index is 96.9. The predicted molar refractivity (Wildman–Crippen MR) is 30.2 cm³/mol. The third-order valence-corrected chi connectivity index (χ3v) is 2.00. The lowest BCUT2D eigenvalue weighted by atomic mass is 10.5. The number of alkyl halides is 1. The van der Waals surface area contributed by atoms with Crippen LogP contribution >= 0.6 is 23.5 Å². The van der Waals surface area contributed by atoms with Crippen LogP contribution < -0.4 is 4.72 Å². The lowest BCUT2D eigenvalue weighted by Gasteiger charge is -1.89. The van der Waals surface area contributed by atoms with Gasteiger partial charge in [-0.25, -0.2) is 4.72 Å². The lowest BCUT2D eigenvalue weighted by molar-refractivity contribution is -0.115. The van der Waals surface area contributed by atoms with Crippen LogP contribution in [0.5, 0.6) is 0 Å². The van der Waals surface area contributed by atoms with Crippen molar-refractivity contribution in [3.8, 4) is 0 Å². The zero-order valence-corrected chi connectivity index (χ0v) is 5.05. The first-order valence-electron chi connectivity index (χ1n) is 1.85. The molecule has 1 aliphatic rings. The van der Waals surface area contributed by atoms with Crippen LogP contribution in [0.25, 0.3) is 0 Å². The van der Waals surface area contributed by atoms with Crippen molar-refractivity contribution in [3.63, 3.8) is 0 Å². The van der Waals surface area contributed by atoms with Gasteiger partial charge < -0.3 is 0 Å². The number of hydrogen-bond acceptors (Lipinski definition) is 3. The van der Waals surface area contributed by atoms with Gasteiger partial charge in [0.05, 0.1) is 5.75 Å². The quantitative estimate of drug-likeness (QED) is 0.297. The Morgan fingerprint density at radius 2 is 2.71 bits per heavy atom. The summed E-state index contributed by atoms with van der Waals surface area (Å²) in [5.74, 6) is 0.584. The van der Waals surface area contributed by atoms with Gasteiger partial charge in [0.2, 0.25) is 0 Å². The summed E-state index contributed by atoms with van der Waals surface area (Å²) in [5, 5.41) is 0. The molecule has 1 heterocycles. The Balaban J connectivity index is 2.48. The van der Waals surface area contributed by atoms with Gasteiger partial charge in [0.25, 0.3) is 0 Å². The van der Waals surface area contributed by atoms with E-state index in [1.807, 2.05) is 0 Å². The maximum atomic E-state index is 10.4. The molecule has 1 atom stereocenters. The molecular weight excluding hydrogens is 134 g/mol. The first kappa shape index (κ1) is 5.41. The molecule has 1 aliphatic heterocycles. The fourth-order valence-corrected chi connectivity index (χ4v) is 1.35. The van der Waals surface area contributed by atoms with Crippen LogP contribution in [-0.4, -0.2) is 17.0 Å². The Morgan fingerprint density at radius 3 is 2.86 bits per heavy atom. The van der Waals surface area contributed by atoms with Gasteiger partial charge in [-0.1, -0.05) is 23.5 Å². The van der Waals surface area contributed by atoms with Crippen molar-refractivity contribution in [2.24, 2.45) is 0 Å². The molecule has 0 saturated carbocycles. The van der Waals surface area contributed by atoms with E-state index in [0.29, 0.717) is 5.75 Å². The Morgan fingerprint density at radius 1 is 2.00 bits per heavy atom. The maximum Gasteiger partial charge on any atom is 0.176 e. The molecule has 0 amide bonds. The van der Waals surface area contributed by atoms with E-state index >= 15 is 0 Å². The second-order valence-electron chi connectivity index (χ2n) is 1.24. The minimum atomic E-state index is -0.440. The first-order chi connectivity index (χ1) is 3.30. The van der Waals surface area contributed by atoms with E-state index in [1.54, 1.807) is 0 Å². The number of rotatable bonds is 0. The molecule has 0 aromatic carbocycles. The second-order valence-corrected chi connectivity index (χ2v) is 2.48. The number of Topliss-reactive ketones (excluding diaryl/α,β-unsaturated/α-hetero) is 1. The lowest BCUT2D eigenvalue weighted by Crippen LogP contribution is -2.17. The molecular formula is C3H4ClNOS. The van der Waals surface area contributed by atoms with Gasteiger partial charge >= 0.3 is 0 Å². The molecule has 0 aromatic rings. The molecule has 0 aromatic heterocycles. The molecule has 7 heavy (non-hydrogen) atoms. The summed E-state index contributed by atoms with van der Waals surface area (Å²) < 4.78 is 2.70. The van der Waals surface area contributed by atoms with E-state index < -0.39 is 5.50 Å². The van der Waals surface area contributed by atoms with Crippen molar-refractivity contribution in [2.45, 2.75) is 5.50 Å². The van der Waals surface area contributed by atoms with Gasteiger partial charge in [0.15, 0.2) is 11.3 Å². The molecule has 0 spiro atoms. The van der Waals surface area contributed by atoms with Gasteiger partial charge in [-0.05, 0) is 0 Å². The first-order valence-corrected chi connectivity index (χ1v) is 3.27. The maximum absolute atomic E-state index is 10.4. The average Bonchev–Trinajstić information content (AvgIpc) is 1.91. The topological polar surface area (TPSA) is 29.1 Å². The molecule has 4 heteroatoms. The van der Waals surface area contributed by atoms with Crippen molar-refractivity contribution in [1.82, 2.24) is 4.72 Å². The highest BCUT2D eigenvalue weighted by Gasteiger charge is 2.20. The third-order valence-electron chi connectivity index (χ3n) is 0.684. The predicted octanol–water partition coefficient (Wildman–Crippen LogP) is 0.372. The number of carbonyl (C=O) groups is 1. The van der Waals surface area contributed by atoms with Crippen LogP contribution in [-0.2, 0) is 4.79 Å². The number of nitrogens with one attached hydrogen (secondary N) is 1. The summed E-state index contributed by atoms with van der Waals surface area (Å²) >= 11 is 6.74. The van der Waals surface area contributed by atoms with Gasteiger partial charge in [-0.2, -0.15) is 0 Å². The minimum absolute atomic E-state index is 0.0756. The number of ketones is 1. The summed E-state index contributed by atoms with van der Waals surface area (Å²) in [5.41, 5.74) is -0.440. The summed E-state index contributed by atoms with van der Waals surface area (Å²) in [6.07, 6.45) is 0. The molecule has 0 radical (unpaired) electrons. The third kappa shape index (κ3) is 1.08. The highest BCUT2D eigenvalue weighted by molar-refractivity contribution is 7.98. The average molecular weight is 138 g/mol. The van der Waals surface area contributed by atoms with E-state index in [9.17, 15) is 4.79 Å². The molecule has 1 N–H and O–H groups in total. The Kier molecular flexibility index (Phi) is 1.57. The van der Waals surface area contributed by atoms with E-state index in [-0.39, 0.29) is 5.78 Å². The van der Waals surface area contributed by atoms with Crippen molar-refractivity contribution in [2.75, 3.05) is 5.75 Å². The van der Waals surface area contributed by atoms with Crippen molar-refractivity contribution in [1.29, 1.82) is 0 Å². The summed E-state index contributed by atoms with van der Waals surface area (Å²) in [6, 6.07) is 0. The van der Waals surface area contributed by atoms with Crippen LogP contribution in [0, 0.1) is 0 Å². The van der Waals surface area contributed by atoms with Gasteiger partial charge in [-0.3, -0.25) is 4.79 Å². The smallest absolute Gasteiger partial charge is 0.176 e. The molecule has 2 nitrogen and oxygen atoms in total. The highest BCUT2D eigenvalue weighted by atomic mass is 35.5. The number of halogens is 1. The highest BCUT2D eigenvalue weighted by Crippen LogP contribution is 2.11. The van der Waals surface area contributed by atoms with E-state index in [0.717, 1.165) is 0 Å². The largest absolute Gasteiger partial charge is 0.296 e. The molecule has 0 aliphatic carbocycles. The fourth-order valence-electron chi connectivity index (χ4n) is 0.325. The van der Waals surface area contributed by atoms with Crippen molar-refractivity contribution < 1.29 is 4.79 Å². The van der Waals surface area contributed by atoms with Crippen LogP contribution in [0.1, 0.15) is 0 Å². The number of carbonyl (C=O) groups excluding carboxylic acids is 1. The minimum Gasteiger partial charge on any atom is -0.296 e. The molecule has 1 fully saturated rings. The Hall–Kier alpha value is 0.270. The van der Waals surface area contributed by atoms with Crippen LogP contribution in [0.15, 0.2) is 0 Å². The number of hydrogen-bond donors (Lipinski definition) is 1. The molecule has 1 saturated heterocycles. The van der Waals surface area contributed by atoms with Crippen molar-refractivity contribution in [3.05, 3.63) is 0 Å². The molecule has 40 valence electrons. The van der Waals surface area contributed by atoms with Crippen molar-refractivity contribution >= 4 is 29.3 Å². The summed E-state index contributed by atoms with van der Waals surface area (Å²) in [4.78, 5) is 10.4. The zero-order valence-electron chi connectivity index (χ0n) is 3.48. The van der Waals surface area contributed by atoms with E-state index in [1.165, 1.54) is 11.9 Å². The van der Waals surface area contributed by atoms with E-state index in [4.69, 9.17) is 11.6 Å². The second kappa shape index (κ2) is 2.03. The van der Waals surface area contributed by atoms with E-state index in [2.05, 4.69) is 4.72 Å². The summed E-state index contributed by atoms with van der Waals surface area (Å²) in [6.45, 7) is 0. The molecule has 1 unspecified atom stereocenters. The summed E-state index contributed by atoms with van der Waals surface area (Å²) in [7, 11) is 0. The Labute approximate surface area is 50.7 Å². The van der Waals surface area contributed by atoms with Gasteiger partial charge in [0.1, 0.15) is 0 Å². The van der Waals surface area contributed by atoms with Crippen LogP contribution in [0.2, 0.25) is 0 Å². The van der Waals surface area contributed by atoms with Gasteiger partial charge in [0, 0.05) is 0 Å². The SMILES string of the molecule is O=C1CSNC1Cl. The fraction of sp³-hybridized carbons (Fsp3) is 0.667. The monoisotopic (exact) mass is 137 g/mol. The van der Waals surface area contributed by atoms with Crippen LogP contribution in [0.3, 0.4) is 0 Å². The zero-order chi connectivity index (χ0) is 5.28. The normalized spacial score (nSPS) is 31.6. The molecule has 1 rings (SSSR count).